The van der Waals surface area contributed by atoms with Crippen LogP contribution in [0, 0.1) is 10.1 Å². The summed E-state index contributed by atoms with van der Waals surface area (Å²) < 4.78 is 5.83. The molecule has 2 fully saturated rings. The lowest BCUT2D eigenvalue weighted by Gasteiger charge is -2.23. The fourth-order valence-electron chi connectivity index (χ4n) is 3.10. The van der Waals surface area contributed by atoms with Gasteiger partial charge in [-0.25, -0.2) is 4.98 Å². The predicted molar refractivity (Wildman–Crippen MR) is 77.6 cm³/mol. The second-order valence-corrected chi connectivity index (χ2v) is 5.68. The summed E-state index contributed by atoms with van der Waals surface area (Å²) in [7, 11) is 0. The predicted octanol–water partition coefficient (Wildman–Crippen LogP) is 2.70. The number of aromatic nitrogens is 2. The summed E-state index contributed by atoms with van der Waals surface area (Å²) in [4.78, 5) is 21.2. The van der Waals surface area contributed by atoms with Gasteiger partial charge in [-0.3, -0.25) is 10.1 Å². The molecule has 21 heavy (non-hydrogen) atoms. The molecule has 7 heteroatoms. The van der Waals surface area contributed by atoms with Crippen molar-refractivity contribution in [3.05, 3.63) is 16.4 Å². The molecule has 1 saturated heterocycles. The van der Waals surface area contributed by atoms with Crippen molar-refractivity contribution in [2.75, 3.05) is 18.0 Å². The first-order valence-electron chi connectivity index (χ1n) is 7.66. The van der Waals surface area contributed by atoms with Gasteiger partial charge in [-0.1, -0.05) is 6.42 Å². The minimum Gasteiger partial charge on any atom is -0.469 e. The van der Waals surface area contributed by atoms with Crippen molar-refractivity contribution >= 4 is 11.5 Å². The molecule has 2 heterocycles. The average Bonchev–Trinajstić information content (AvgIpc) is 3.02. The number of ether oxygens (including phenoxy) is 1. The summed E-state index contributed by atoms with van der Waals surface area (Å²) in [5, 5.41) is 11.5. The highest BCUT2D eigenvalue weighted by Gasteiger charge is 2.31. The first-order chi connectivity index (χ1) is 10.3. The number of nitrogens with zero attached hydrogens (tertiary/aromatic N) is 4. The van der Waals surface area contributed by atoms with Crippen LogP contribution in [0.5, 0.6) is 5.88 Å². The lowest BCUT2D eigenvalue weighted by atomic mass is 9.98. The van der Waals surface area contributed by atoms with E-state index in [2.05, 4.69) is 9.97 Å². The topological polar surface area (TPSA) is 81.4 Å². The van der Waals surface area contributed by atoms with Crippen molar-refractivity contribution in [2.24, 2.45) is 0 Å². The van der Waals surface area contributed by atoms with Gasteiger partial charge >= 0.3 is 5.69 Å². The van der Waals surface area contributed by atoms with E-state index in [1.54, 1.807) is 0 Å². The summed E-state index contributed by atoms with van der Waals surface area (Å²) in [6.45, 7) is 1.61. The molecule has 0 bridgehead atoms. The van der Waals surface area contributed by atoms with Gasteiger partial charge in [0.1, 0.15) is 12.4 Å². The highest BCUT2D eigenvalue weighted by Crippen LogP contribution is 2.36. The van der Waals surface area contributed by atoms with E-state index in [9.17, 15) is 10.1 Å². The molecule has 114 valence electrons. The van der Waals surface area contributed by atoms with E-state index in [1.807, 2.05) is 4.90 Å². The molecule has 0 aromatic carbocycles. The second kappa shape index (κ2) is 6.24. The third-order valence-electron chi connectivity index (χ3n) is 4.19. The molecule has 1 aromatic heterocycles. The number of rotatable bonds is 4. The summed E-state index contributed by atoms with van der Waals surface area (Å²) >= 11 is 0. The van der Waals surface area contributed by atoms with E-state index in [1.165, 1.54) is 12.7 Å². The number of hydrogen-bond acceptors (Lipinski definition) is 6. The molecule has 1 aliphatic heterocycles. The lowest BCUT2D eigenvalue weighted by Crippen LogP contribution is -2.23. The third kappa shape index (κ3) is 3.06. The Morgan fingerprint density at radius 2 is 1.86 bits per heavy atom. The van der Waals surface area contributed by atoms with Crippen molar-refractivity contribution in [1.82, 2.24) is 9.97 Å². The minimum atomic E-state index is -0.411. The van der Waals surface area contributed by atoms with Crippen LogP contribution in [-0.4, -0.2) is 34.1 Å². The van der Waals surface area contributed by atoms with Crippen LogP contribution in [0.1, 0.15) is 44.9 Å². The Labute approximate surface area is 123 Å². The van der Waals surface area contributed by atoms with Gasteiger partial charge in [0.25, 0.3) is 5.88 Å². The highest BCUT2D eigenvalue weighted by molar-refractivity contribution is 5.63. The molecular formula is C14H20N4O3. The monoisotopic (exact) mass is 292 g/mol. The zero-order valence-corrected chi connectivity index (χ0v) is 12.0. The first-order valence-corrected chi connectivity index (χ1v) is 7.66. The molecule has 1 aliphatic carbocycles. The largest absolute Gasteiger partial charge is 0.469 e. The lowest BCUT2D eigenvalue weighted by molar-refractivity contribution is -0.385. The maximum absolute atomic E-state index is 11.5. The van der Waals surface area contributed by atoms with Crippen LogP contribution in [0.25, 0.3) is 0 Å². The molecule has 0 spiro atoms. The number of hydrogen-bond donors (Lipinski definition) is 0. The van der Waals surface area contributed by atoms with Crippen molar-refractivity contribution in [2.45, 2.75) is 51.0 Å². The molecule has 2 aliphatic rings. The van der Waals surface area contributed by atoms with Gasteiger partial charge in [-0.15, -0.1) is 0 Å². The van der Waals surface area contributed by atoms with Crippen molar-refractivity contribution in [3.8, 4) is 5.88 Å². The van der Waals surface area contributed by atoms with E-state index < -0.39 is 4.92 Å². The van der Waals surface area contributed by atoms with Crippen LogP contribution in [-0.2, 0) is 0 Å². The van der Waals surface area contributed by atoms with Gasteiger partial charge in [0.2, 0.25) is 5.82 Å². The van der Waals surface area contributed by atoms with Crippen molar-refractivity contribution < 1.29 is 9.66 Å². The van der Waals surface area contributed by atoms with Crippen LogP contribution in [0.2, 0.25) is 0 Å². The quantitative estimate of drug-likeness (QED) is 0.627. The third-order valence-corrected chi connectivity index (χ3v) is 4.19. The zero-order chi connectivity index (χ0) is 14.7. The van der Waals surface area contributed by atoms with Gasteiger partial charge in [0.05, 0.1) is 4.92 Å². The van der Waals surface area contributed by atoms with Crippen LogP contribution in [0.4, 0.5) is 11.5 Å². The van der Waals surface area contributed by atoms with Gasteiger partial charge in [0.15, 0.2) is 0 Å². The smallest absolute Gasteiger partial charge is 0.372 e. The van der Waals surface area contributed by atoms with Gasteiger partial charge in [0, 0.05) is 13.1 Å². The molecule has 0 N–H and O–H groups in total. The molecule has 1 aromatic rings. The van der Waals surface area contributed by atoms with Gasteiger partial charge < -0.3 is 9.64 Å². The summed E-state index contributed by atoms with van der Waals surface area (Å²) in [5.41, 5.74) is -0.0787. The molecule has 0 amide bonds. The van der Waals surface area contributed by atoms with Crippen molar-refractivity contribution in [3.63, 3.8) is 0 Å². The minimum absolute atomic E-state index is 0.0405. The summed E-state index contributed by atoms with van der Waals surface area (Å²) in [6, 6.07) is 0. The molecule has 0 radical (unpaired) electrons. The van der Waals surface area contributed by atoms with E-state index >= 15 is 0 Å². The van der Waals surface area contributed by atoms with Crippen LogP contribution >= 0.6 is 0 Å². The van der Waals surface area contributed by atoms with E-state index in [4.69, 9.17) is 4.74 Å². The maximum Gasteiger partial charge on any atom is 0.372 e. The van der Waals surface area contributed by atoms with Crippen LogP contribution < -0.4 is 9.64 Å². The molecule has 7 nitrogen and oxygen atoms in total. The Kier molecular flexibility index (Phi) is 4.17. The summed E-state index contributed by atoms with van der Waals surface area (Å²) in [6.07, 6.45) is 8.83. The molecule has 1 saturated carbocycles. The zero-order valence-electron chi connectivity index (χ0n) is 12.0. The molecule has 3 rings (SSSR count). The Morgan fingerprint density at radius 1 is 1.14 bits per heavy atom. The van der Waals surface area contributed by atoms with Crippen LogP contribution in [0.3, 0.4) is 0 Å². The van der Waals surface area contributed by atoms with E-state index in [0.29, 0.717) is 5.82 Å². The average molecular weight is 292 g/mol. The SMILES string of the molecule is O=[N+]([O-])c1c(OC2CCCCC2)ncnc1N1CCCC1. The van der Waals surface area contributed by atoms with Crippen molar-refractivity contribution in [1.29, 1.82) is 0 Å². The first kappa shape index (κ1) is 14.0. The molecule has 0 atom stereocenters. The fraction of sp³-hybridized carbons (Fsp3) is 0.714. The van der Waals surface area contributed by atoms with E-state index in [0.717, 1.165) is 51.6 Å². The highest BCUT2D eigenvalue weighted by atomic mass is 16.6. The van der Waals surface area contributed by atoms with Gasteiger partial charge in [-0.05, 0) is 38.5 Å². The van der Waals surface area contributed by atoms with Crippen LogP contribution in [0.15, 0.2) is 6.33 Å². The Balaban J connectivity index is 1.87. The standard InChI is InChI=1S/C14H20N4O3/c19-18(20)12-13(17-8-4-5-9-17)15-10-16-14(12)21-11-6-2-1-3-7-11/h10-11H,1-9H2. The van der Waals surface area contributed by atoms with E-state index in [-0.39, 0.29) is 17.7 Å². The summed E-state index contributed by atoms with van der Waals surface area (Å²) in [5.74, 6) is 0.530. The molecule has 0 unspecified atom stereocenters. The maximum atomic E-state index is 11.5. The Hall–Kier alpha value is -1.92. The fourth-order valence-corrected chi connectivity index (χ4v) is 3.10. The Morgan fingerprint density at radius 3 is 2.52 bits per heavy atom. The number of nitro groups is 1. The molecular weight excluding hydrogens is 272 g/mol. The normalized spacial score (nSPS) is 19.7. The number of anilines is 1. The van der Waals surface area contributed by atoms with Gasteiger partial charge in [-0.2, -0.15) is 4.98 Å². The Bertz CT molecular complexity index is 511. The second-order valence-electron chi connectivity index (χ2n) is 5.68.